The van der Waals surface area contributed by atoms with Crippen LogP contribution in [0.3, 0.4) is 0 Å². The maximum absolute atomic E-state index is 12.1. The highest BCUT2D eigenvalue weighted by Crippen LogP contribution is 2.22. The molecule has 3 aromatic rings. The zero-order chi connectivity index (χ0) is 15.7. The number of aryl methyl sites for hydroxylation is 2. The first kappa shape index (κ1) is 14.3. The smallest absolute Gasteiger partial charge is 0.322 e. The van der Waals surface area contributed by atoms with Crippen molar-refractivity contribution in [3.8, 4) is 11.5 Å². The molecule has 0 spiro atoms. The predicted octanol–water partition coefficient (Wildman–Crippen LogP) is 3.85. The summed E-state index contributed by atoms with van der Waals surface area (Å²) < 4.78 is 10.7. The van der Waals surface area contributed by atoms with Gasteiger partial charge in [-0.25, -0.2) is 0 Å². The molecule has 0 saturated heterocycles. The molecule has 6 nitrogen and oxygen atoms in total. The Bertz CT molecular complexity index is 821. The zero-order valence-electron chi connectivity index (χ0n) is 11.9. The number of anilines is 1. The van der Waals surface area contributed by atoms with Crippen molar-refractivity contribution >= 4 is 23.5 Å². The van der Waals surface area contributed by atoms with E-state index in [9.17, 15) is 4.79 Å². The van der Waals surface area contributed by atoms with Gasteiger partial charge in [-0.05, 0) is 44.2 Å². The van der Waals surface area contributed by atoms with Crippen molar-refractivity contribution in [3.05, 3.63) is 52.4 Å². The maximum atomic E-state index is 12.1. The van der Waals surface area contributed by atoms with Crippen LogP contribution in [-0.4, -0.2) is 16.1 Å². The number of carbonyl (C=O) groups excluding carboxylic acids is 1. The van der Waals surface area contributed by atoms with Crippen LogP contribution in [0.25, 0.3) is 11.5 Å². The van der Waals surface area contributed by atoms with Crippen LogP contribution in [-0.2, 0) is 0 Å². The number of halogens is 1. The fourth-order valence-electron chi connectivity index (χ4n) is 2.00. The molecular weight excluding hydrogens is 306 g/mol. The third-order valence-electron chi connectivity index (χ3n) is 3.02. The van der Waals surface area contributed by atoms with Crippen molar-refractivity contribution in [2.24, 2.45) is 0 Å². The van der Waals surface area contributed by atoms with Gasteiger partial charge in [-0.3, -0.25) is 10.1 Å². The second-order valence-corrected chi connectivity index (χ2v) is 5.14. The van der Waals surface area contributed by atoms with Gasteiger partial charge in [0.1, 0.15) is 11.5 Å². The Kier molecular flexibility index (Phi) is 3.68. The van der Waals surface area contributed by atoms with E-state index in [4.69, 9.17) is 20.4 Å². The average Bonchev–Trinajstić information content (AvgIpc) is 3.06. The van der Waals surface area contributed by atoms with Gasteiger partial charge >= 0.3 is 6.01 Å². The number of nitrogens with zero attached hydrogens (tertiary/aromatic N) is 2. The van der Waals surface area contributed by atoms with Crippen LogP contribution in [0.2, 0.25) is 5.02 Å². The van der Waals surface area contributed by atoms with E-state index >= 15 is 0 Å². The van der Waals surface area contributed by atoms with E-state index in [1.54, 1.807) is 44.2 Å². The van der Waals surface area contributed by atoms with E-state index in [-0.39, 0.29) is 11.9 Å². The zero-order valence-corrected chi connectivity index (χ0v) is 12.6. The summed E-state index contributed by atoms with van der Waals surface area (Å²) in [5.74, 6) is 1.13. The molecule has 0 unspecified atom stereocenters. The second kappa shape index (κ2) is 5.65. The molecule has 2 aromatic heterocycles. The Morgan fingerprint density at radius 2 is 1.86 bits per heavy atom. The summed E-state index contributed by atoms with van der Waals surface area (Å²) in [4.78, 5) is 12.1. The molecule has 112 valence electrons. The largest absolute Gasteiger partial charge is 0.466 e. The minimum Gasteiger partial charge on any atom is -0.466 e. The number of carbonyl (C=O) groups is 1. The Morgan fingerprint density at radius 1 is 1.14 bits per heavy atom. The molecule has 0 radical (unpaired) electrons. The van der Waals surface area contributed by atoms with Gasteiger partial charge in [0, 0.05) is 10.6 Å². The SMILES string of the molecule is Cc1cc(C(=O)Nc2nnc(-c3ccc(Cl)cc3)o2)c(C)o1. The summed E-state index contributed by atoms with van der Waals surface area (Å²) in [6.45, 7) is 3.49. The summed E-state index contributed by atoms with van der Waals surface area (Å²) in [5, 5.41) is 10.9. The number of hydrogen-bond acceptors (Lipinski definition) is 5. The number of benzene rings is 1. The third-order valence-corrected chi connectivity index (χ3v) is 3.27. The minimum atomic E-state index is -0.361. The molecule has 1 amide bonds. The van der Waals surface area contributed by atoms with Gasteiger partial charge in [-0.1, -0.05) is 16.7 Å². The van der Waals surface area contributed by atoms with Crippen LogP contribution in [0.5, 0.6) is 0 Å². The average molecular weight is 318 g/mol. The van der Waals surface area contributed by atoms with E-state index in [1.165, 1.54) is 0 Å². The first-order valence-corrected chi connectivity index (χ1v) is 6.88. The van der Waals surface area contributed by atoms with Crippen molar-refractivity contribution in [1.82, 2.24) is 10.2 Å². The van der Waals surface area contributed by atoms with Crippen LogP contribution in [0.1, 0.15) is 21.9 Å². The van der Waals surface area contributed by atoms with Gasteiger partial charge in [0.25, 0.3) is 5.91 Å². The Hall–Kier alpha value is -2.60. The standard InChI is InChI=1S/C15H12ClN3O3/c1-8-7-12(9(2)21-8)13(20)17-15-19-18-14(22-15)10-3-5-11(16)6-4-10/h3-7H,1-2H3,(H,17,19,20). The monoisotopic (exact) mass is 317 g/mol. The van der Waals surface area contributed by atoms with E-state index in [1.807, 2.05) is 0 Å². The molecule has 0 atom stereocenters. The summed E-state index contributed by atoms with van der Waals surface area (Å²) >= 11 is 5.83. The van der Waals surface area contributed by atoms with Gasteiger partial charge in [0.15, 0.2) is 0 Å². The molecule has 0 aliphatic rings. The van der Waals surface area contributed by atoms with Crippen molar-refractivity contribution in [2.45, 2.75) is 13.8 Å². The molecule has 2 heterocycles. The molecule has 7 heteroatoms. The first-order valence-electron chi connectivity index (χ1n) is 6.51. The molecule has 0 fully saturated rings. The van der Waals surface area contributed by atoms with E-state index in [0.29, 0.717) is 33.6 Å². The van der Waals surface area contributed by atoms with Gasteiger partial charge in [0.05, 0.1) is 5.56 Å². The van der Waals surface area contributed by atoms with E-state index in [0.717, 1.165) is 0 Å². The fraction of sp³-hybridized carbons (Fsp3) is 0.133. The number of furan rings is 1. The van der Waals surface area contributed by atoms with Gasteiger partial charge < -0.3 is 8.83 Å². The highest BCUT2D eigenvalue weighted by Gasteiger charge is 2.17. The number of nitrogens with one attached hydrogen (secondary N) is 1. The predicted molar refractivity (Wildman–Crippen MR) is 80.9 cm³/mol. The molecule has 0 saturated carbocycles. The Balaban J connectivity index is 1.78. The summed E-state index contributed by atoms with van der Waals surface area (Å²) in [6, 6.07) is 8.62. The maximum Gasteiger partial charge on any atom is 0.322 e. The van der Waals surface area contributed by atoms with E-state index in [2.05, 4.69) is 15.5 Å². The molecule has 0 aliphatic heterocycles. The number of amides is 1. The van der Waals surface area contributed by atoms with Crippen LogP contribution in [0, 0.1) is 13.8 Å². The highest BCUT2D eigenvalue weighted by molar-refractivity contribution is 6.30. The van der Waals surface area contributed by atoms with E-state index < -0.39 is 0 Å². The van der Waals surface area contributed by atoms with Crippen LogP contribution >= 0.6 is 11.6 Å². The molecule has 0 aliphatic carbocycles. The lowest BCUT2D eigenvalue weighted by Gasteiger charge is -1.98. The minimum absolute atomic E-state index is 0.0215. The van der Waals surface area contributed by atoms with Gasteiger partial charge in [-0.15, -0.1) is 5.10 Å². The van der Waals surface area contributed by atoms with Crippen molar-refractivity contribution in [2.75, 3.05) is 5.32 Å². The van der Waals surface area contributed by atoms with Gasteiger partial charge in [-0.2, -0.15) is 0 Å². The van der Waals surface area contributed by atoms with Gasteiger partial charge in [0.2, 0.25) is 5.89 Å². The summed E-state index contributed by atoms with van der Waals surface area (Å²) in [7, 11) is 0. The molecule has 22 heavy (non-hydrogen) atoms. The third kappa shape index (κ3) is 2.87. The highest BCUT2D eigenvalue weighted by atomic mass is 35.5. The summed E-state index contributed by atoms with van der Waals surface area (Å²) in [6.07, 6.45) is 0. The Labute approximate surface area is 131 Å². The summed E-state index contributed by atoms with van der Waals surface area (Å²) in [5.41, 5.74) is 1.15. The normalized spacial score (nSPS) is 10.7. The second-order valence-electron chi connectivity index (χ2n) is 4.70. The van der Waals surface area contributed by atoms with Crippen molar-refractivity contribution < 1.29 is 13.6 Å². The van der Waals surface area contributed by atoms with Crippen LogP contribution in [0.4, 0.5) is 6.01 Å². The first-order chi connectivity index (χ1) is 10.5. The fourth-order valence-corrected chi connectivity index (χ4v) is 2.13. The molecule has 3 rings (SSSR count). The molecule has 0 bridgehead atoms. The molecule has 1 N–H and O–H groups in total. The lowest BCUT2D eigenvalue weighted by atomic mass is 10.2. The van der Waals surface area contributed by atoms with Crippen LogP contribution < -0.4 is 5.32 Å². The van der Waals surface area contributed by atoms with Crippen LogP contribution in [0.15, 0.2) is 39.2 Å². The Morgan fingerprint density at radius 3 is 2.50 bits per heavy atom. The lowest BCUT2D eigenvalue weighted by Crippen LogP contribution is -2.12. The molecular formula is C15H12ClN3O3. The molecule has 1 aromatic carbocycles. The lowest BCUT2D eigenvalue weighted by molar-refractivity contribution is 0.102. The van der Waals surface area contributed by atoms with Crippen molar-refractivity contribution in [1.29, 1.82) is 0 Å². The topological polar surface area (TPSA) is 81.2 Å². The number of aromatic nitrogens is 2. The quantitative estimate of drug-likeness (QED) is 0.793. The number of rotatable bonds is 3. The number of hydrogen-bond donors (Lipinski definition) is 1. The van der Waals surface area contributed by atoms with Crippen molar-refractivity contribution in [3.63, 3.8) is 0 Å².